The molecule has 6 heteroatoms. The van der Waals surface area contributed by atoms with Crippen molar-refractivity contribution in [1.29, 1.82) is 0 Å². The van der Waals surface area contributed by atoms with Crippen LogP contribution in [0.5, 0.6) is 0 Å². The molecular weight excluding hydrogens is 246 g/mol. The maximum absolute atomic E-state index is 11.8. The van der Waals surface area contributed by atoms with Crippen LogP contribution in [0.1, 0.15) is 19.3 Å². The van der Waals surface area contributed by atoms with Gasteiger partial charge < -0.3 is 15.0 Å². The summed E-state index contributed by atoms with van der Waals surface area (Å²) in [6.45, 7) is 7.18. The topological polar surface area (TPSA) is 72.7 Å². The standard InChI is InChI=1S/C13H22N3O3/c1-2-11-19-13(18)15-6-4-3-5-12(17)16-9-7-14-8-10-16/h2H,1,3-11H2,(H,15,18). The minimum atomic E-state index is -0.441. The maximum atomic E-state index is 11.8. The highest BCUT2D eigenvalue weighted by Gasteiger charge is 2.15. The fraction of sp³-hybridized carbons (Fsp3) is 0.692. The lowest BCUT2D eigenvalue weighted by Crippen LogP contribution is -2.43. The zero-order chi connectivity index (χ0) is 13.9. The highest BCUT2D eigenvalue weighted by molar-refractivity contribution is 5.76. The van der Waals surface area contributed by atoms with Crippen molar-refractivity contribution in [3.63, 3.8) is 0 Å². The molecule has 0 unspecified atom stereocenters. The highest BCUT2D eigenvalue weighted by atomic mass is 16.5. The van der Waals surface area contributed by atoms with Crippen LogP contribution in [0.4, 0.5) is 4.79 Å². The van der Waals surface area contributed by atoms with Crippen LogP contribution < -0.4 is 10.6 Å². The van der Waals surface area contributed by atoms with Crippen LogP contribution in [-0.2, 0) is 9.53 Å². The van der Waals surface area contributed by atoms with E-state index in [0.717, 1.165) is 39.0 Å². The van der Waals surface area contributed by atoms with Gasteiger partial charge in [-0.3, -0.25) is 4.79 Å². The monoisotopic (exact) mass is 268 g/mol. The molecule has 1 saturated heterocycles. The molecule has 1 aliphatic heterocycles. The third-order valence-electron chi connectivity index (χ3n) is 2.83. The molecule has 0 bridgehead atoms. The van der Waals surface area contributed by atoms with Gasteiger partial charge in [-0.25, -0.2) is 10.1 Å². The van der Waals surface area contributed by atoms with Gasteiger partial charge in [0.1, 0.15) is 6.61 Å². The summed E-state index contributed by atoms with van der Waals surface area (Å²) in [6.07, 6.45) is 3.15. The number of rotatable bonds is 7. The van der Waals surface area contributed by atoms with Crippen molar-refractivity contribution in [1.82, 2.24) is 15.5 Å². The first-order chi connectivity index (χ1) is 9.24. The van der Waals surface area contributed by atoms with E-state index in [1.807, 2.05) is 4.90 Å². The molecule has 0 aliphatic carbocycles. The minimum Gasteiger partial charge on any atom is -0.445 e. The van der Waals surface area contributed by atoms with E-state index in [0.29, 0.717) is 13.0 Å². The molecule has 0 aromatic rings. The molecule has 1 rings (SSSR count). The van der Waals surface area contributed by atoms with Crippen LogP contribution in [0, 0.1) is 0 Å². The Labute approximate surface area is 114 Å². The summed E-state index contributed by atoms with van der Waals surface area (Å²) in [4.78, 5) is 24.7. The van der Waals surface area contributed by atoms with E-state index in [9.17, 15) is 9.59 Å². The summed E-state index contributed by atoms with van der Waals surface area (Å²) in [6, 6.07) is 0. The molecule has 19 heavy (non-hydrogen) atoms. The largest absolute Gasteiger partial charge is 0.445 e. The van der Waals surface area contributed by atoms with Gasteiger partial charge in [-0.2, -0.15) is 0 Å². The predicted molar refractivity (Wildman–Crippen MR) is 71.8 cm³/mol. The highest BCUT2D eigenvalue weighted by Crippen LogP contribution is 2.02. The maximum Gasteiger partial charge on any atom is 0.407 e. The summed E-state index contributed by atoms with van der Waals surface area (Å²) in [5, 5.41) is 6.82. The normalized spacial score (nSPS) is 14.8. The van der Waals surface area contributed by atoms with Crippen LogP contribution in [0.3, 0.4) is 0 Å². The molecular formula is C13H22N3O3. The van der Waals surface area contributed by atoms with E-state index >= 15 is 0 Å². The van der Waals surface area contributed by atoms with E-state index in [1.165, 1.54) is 6.08 Å². The average molecular weight is 268 g/mol. The predicted octanol–water partition coefficient (Wildman–Crippen LogP) is 0.516. The van der Waals surface area contributed by atoms with Crippen molar-refractivity contribution in [2.45, 2.75) is 19.3 Å². The molecule has 2 amide bonds. The number of carbonyl (C=O) groups excluding carboxylic acids is 2. The van der Waals surface area contributed by atoms with Crippen molar-refractivity contribution in [3.8, 4) is 0 Å². The van der Waals surface area contributed by atoms with E-state index in [-0.39, 0.29) is 12.5 Å². The van der Waals surface area contributed by atoms with E-state index in [1.54, 1.807) is 0 Å². The van der Waals surface area contributed by atoms with Gasteiger partial charge >= 0.3 is 6.09 Å². The summed E-state index contributed by atoms with van der Waals surface area (Å²) in [5.74, 6) is 0.184. The van der Waals surface area contributed by atoms with Gasteiger partial charge in [0.05, 0.1) is 0 Å². The van der Waals surface area contributed by atoms with Crippen molar-refractivity contribution in [2.24, 2.45) is 0 Å². The summed E-state index contributed by atoms with van der Waals surface area (Å²) < 4.78 is 4.76. The van der Waals surface area contributed by atoms with Crippen LogP contribution in [-0.4, -0.2) is 56.2 Å². The van der Waals surface area contributed by atoms with Crippen LogP contribution in [0.2, 0.25) is 0 Å². The Balaban J connectivity index is 1.99. The summed E-state index contributed by atoms with van der Waals surface area (Å²) in [7, 11) is 0. The molecule has 0 aromatic heterocycles. The van der Waals surface area contributed by atoms with E-state index in [2.05, 4.69) is 17.2 Å². The third-order valence-corrected chi connectivity index (χ3v) is 2.83. The SMILES string of the molecule is C=CCOC(=O)NCCCCC(=O)N1CC[N]CC1. The second-order valence-electron chi connectivity index (χ2n) is 4.32. The van der Waals surface area contributed by atoms with Gasteiger partial charge in [-0.15, -0.1) is 0 Å². The number of unbranched alkanes of at least 4 members (excludes halogenated alkanes) is 1. The smallest absolute Gasteiger partial charge is 0.407 e. The lowest BCUT2D eigenvalue weighted by Gasteiger charge is -2.26. The molecule has 1 radical (unpaired) electrons. The molecule has 6 nitrogen and oxygen atoms in total. The minimum absolute atomic E-state index is 0.184. The molecule has 0 aromatic carbocycles. The lowest BCUT2D eigenvalue weighted by atomic mass is 10.2. The van der Waals surface area contributed by atoms with Gasteiger partial charge in [0.15, 0.2) is 0 Å². The first-order valence-electron chi connectivity index (χ1n) is 6.66. The number of carbonyl (C=O) groups is 2. The van der Waals surface area contributed by atoms with Crippen molar-refractivity contribution >= 4 is 12.0 Å². The third kappa shape index (κ3) is 6.81. The van der Waals surface area contributed by atoms with Gasteiger partial charge in [-0.05, 0) is 12.8 Å². The fourth-order valence-corrected chi connectivity index (χ4v) is 1.79. The number of ether oxygens (including phenoxy) is 1. The number of nitrogens with one attached hydrogen (secondary N) is 1. The first kappa shape index (κ1) is 15.5. The number of hydrogen-bond donors (Lipinski definition) is 1. The molecule has 1 heterocycles. The van der Waals surface area contributed by atoms with Crippen LogP contribution in [0.25, 0.3) is 0 Å². The summed E-state index contributed by atoms with van der Waals surface area (Å²) in [5.41, 5.74) is 0. The molecule has 1 fully saturated rings. The van der Waals surface area contributed by atoms with E-state index in [4.69, 9.17) is 4.74 Å². The van der Waals surface area contributed by atoms with Crippen molar-refractivity contribution < 1.29 is 14.3 Å². The quantitative estimate of drug-likeness (QED) is 0.540. The van der Waals surface area contributed by atoms with Gasteiger partial charge in [-0.1, -0.05) is 12.7 Å². The van der Waals surface area contributed by atoms with E-state index < -0.39 is 6.09 Å². The zero-order valence-corrected chi connectivity index (χ0v) is 11.3. The van der Waals surface area contributed by atoms with Gasteiger partial charge in [0.2, 0.25) is 5.91 Å². The average Bonchev–Trinajstić information content (AvgIpc) is 2.45. The Morgan fingerprint density at radius 3 is 2.74 bits per heavy atom. The lowest BCUT2D eigenvalue weighted by molar-refractivity contribution is -0.131. The van der Waals surface area contributed by atoms with Crippen LogP contribution in [0.15, 0.2) is 12.7 Å². The molecule has 0 saturated carbocycles. The Morgan fingerprint density at radius 2 is 2.05 bits per heavy atom. The second-order valence-corrected chi connectivity index (χ2v) is 4.32. The van der Waals surface area contributed by atoms with Crippen LogP contribution >= 0.6 is 0 Å². The Bertz CT molecular complexity index is 302. The molecule has 107 valence electrons. The van der Waals surface area contributed by atoms with Gasteiger partial charge in [0.25, 0.3) is 0 Å². The Morgan fingerprint density at radius 1 is 1.32 bits per heavy atom. The molecule has 1 N–H and O–H groups in total. The van der Waals surface area contributed by atoms with Crippen molar-refractivity contribution in [3.05, 3.63) is 12.7 Å². The van der Waals surface area contributed by atoms with Crippen molar-refractivity contribution in [2.75, 3.05) is 39.3 Å². The Hall–Kier alpha value is -1.56. The Kier molecular flexibility index (Phi) is 7.65. The molecule has 0 atom stereocenters. The number of hydrogen-bond acceptors (Lipinski definition) is 3. The van der Waals surface area contributed by atoms with Gasteiger partial charge in [0, 0.05) is 39.1 Å². The first-order valence-corrected chi connectivity index (χ1v) is 6.66. The number of piperazine rings is 1. The fourth-order valence-electron chi connectivity index (χ4n) is 1.79. The number of alkyl carbamates (subject to hydrolysis) is 1. The summed E-state index contributed by atoms with van der Waals surface area (Å²) >= 11 is 0. The molecule has 0 spiro atoms. The second kappa shape index (κ2) is 9.38. The number of amides is 2. The zero-order valence-electron chi connectivity index (χ0n) is 11.3. The molecule has 1 aliphatic rings. The number of nitrogens with zero attached hydrogens (tertiary/aromatic N) is 2.